The van der Waals surface area contributed by atoms with E-state index in [4.69, 9.17) is 11.6 Å². The van der Waals surface area contributed by atoms with Crippen LogP contribution in [0.15, 0.2) is 24.3 Å². The van der Waals surface area contributed by atoms with Gasteiger partial charge in [-0.3, -0.25) is 4.79 Å². The first-order valence-corrected chi connectivity index (χ1v) is 8.49. The molecule has 1 heterocycles. The van der Waals surface area contributed by atoms with E-state index in [-0.39, 0.29) is 16.5 Å². The van der Waals surface area contributed by atoms with Gasteiger partial charge in [0.25, 0.3) is 0 Å². The summed E-state index contributed by atoms with van der Waals surface area (Å²) >= 11 is 8.05. The zero-order valence-electron chi connectivity index (χ0n) is 12.0. The lowest BCUT2D eigenvalue weighted by molar-refractivity contribution is -0.627. The van der Waals surface area contributed by atoms with Crippen LogP contribution in [0.25, 0.3) is 0 Å². The molecule has 1 aromatic carbocycles. The van der Waals surface area contributed by atoms with Crippen LogP contribution in [0.3, 0.4) is 0 Å². The van der Waals surface area contributed by atoms with Crippen LogP contribution in [-0.2, 0) is 4.79 Å². The number of hydrogen-bond acceptors (Lipinski definition) is 2. The zero-order chi connectivity index (χ0) is 14.5. The molecule has 0 unspecified atom stereocenters. The van der Waals surface area contributed by atoms with Gasteiger partial charge in [0, 0.05) is 23.6 Å². The highest BCUT2D eigenvalue weighted by Crippen LogP contribution is 2.45. The Balaban J connectivity index is 2.20. The molecule has 2 N–H and O–H groups in total. The number of hydrogen-bond donors (Lipinski definition) is 1. The van der Waals surface area contributed by atoms with Crippen LogP contribution in [0, 0.1) is 0 Å². The third kappa shape index (κ3) is 3.30. The standard InChI is InChI=1S/C15H21ClN2OS/c1-3-13-14(19)18(10-6-9-17-2)15(20-13)11-7-4-5-8-12(11)16/h4-5,7-8,13,15,17H,3,6,9-10H2,1-2H3/p+1/t13-,15-/m0/s1. The minimum absolute atomic E-state index is 0.0676. The molecule has 0 saturated carbocycles. The number of carbonyl (C=O) groups is 1. The van der Waals surface area contributed by atoms with Crippen molar-refractivity contribution in [3.63, 3.8) is 0 Å². The summed E-state index contributed by atoms with van der Waals surface area (Å²) in [5, 5.41) is 3.04. The Morgan fingerprint density at radius 1 is 1.40 bits per heavy atom. The Kier molecular flexibility index (Phi) is 5.75. The van der Waals surface area contributed by atoms with Gasteiger partial charge in [-0.25, -0.2) is 0 Å². The van der Waals surface area contributed by atoms with Gasteiger partial charge in [-0.15, -0.1) is 11.8 Å². The van der Waals surface area contributed by atoms with E-state index in [1.165, 1.54) is 0 Å². The minimum Gasteiger partial charge on any atom is -0.349 e. The molecule has 2 atom stereocenters. The number of amides is 1. The number of thioether (sulfide) groups is 1. The highest BCUT2D eigenvalue weighted by atomic mass is 35.5. The van der Waals surface area contributed by atoms with E-state index in [1.54, 1.807) is 11.8 Å². The molecule has 1 saturated heterocycles. The summed E-state index contributed by atoms with van der Waals surface area (Å²) in [6, 6.07) is 7.86. The molecule has 20 heavy (non-hydrogen) atoms. The predicted molar refractivity (Wildman–Crippen MR) is 84.9 cm³/mol. The molecule has 0 aliphatic carbocycles. The van der Waals surface area contributed by atoms with E-state index < -0.39 is 0 Å². The number of nitrogens with zero attached hydrogens (tertiary/aromatic N) is 1. The summed E-state index contributed by atoms with van der Waals surface area (Å²) in [4.78, 5) is 14.5. The second-order valence-corrected chi connectivity index (χ2v) is 6.68. The summed E-state index contributed by atoms with van der Waals surface area (Å²) in [5.74, 6) is 0.263. The molecular formula is C15H22ClN2OS+. The van der Waals surface area contributed by atoms with E-state index >= 15 is 0 Å². The predicted octanol–water partition coefficient (Wildman–Crippen LogP) is 2.28. The quantitative estimate of drug-likeness (QED) is 0.818. The zero-order valence-corrected chi connectivity index (χ0v) is 13.6. The molecule has 1 aromatic rings. The van der Waals surface area contributed by atoms with Crippen molar-refractivity contribution in [2.45, 2.75) is 30.4 Å². The molecule has 5 heteroatoms. The van der Waals surface area contributed by atoms with Crippen molar-refractivity contribution in [3.8, 4) is 0 Å². The Bertz CT molecular complexity index is 469. The molecule has 0 aromatic heterocycles. The summed E-state index contributed by atoms with van der Waals surface area (Å²) < 4.78 is 0. The van der Waals surface area contributed by atoms with Crippen molar-refractivity contribution in [2.24, 2.45) is 0 Å². The Labute approximate surface area is 130 Å². The summed E-state index contributed by atoms with van der Waals surface area (Å²) in [5.41, 5.74) is 1.06. The maximum atomic E-state index is 12.5. The highest BCUT2D eigenvalue weighted by Gasteiger charge is 2.40. The van der Waals surface area contributed by atoms with Crippen LogP contribution in [0.1, 0.15) is 30.7 Å². The first-order valence-electron chi connectivity index (χ1n) is 7.17. The lowest BCUT2D eigenvalue weighted by Gasteiger charge is -2.24. The fourth-order valence-corrected chi connectivity index (χ4v) is 4.24. The second-order valence-electron chi connectivity index (χ2n) is 4.99. The summed E-state index contributed by atoms with van der Waals surface area (Å²) in [7, 11) is 2.06. The monoisotopic (exact) mass is 313 g/mol. The third-order valence-corrected chi connectivity index (χ3v) is 5.54. The number of halogens is 1. The molecule has 110 valence electrons. The molecule has 1 fully saturated rings. The van der Waals surface area contributed by atoms with Gasteiger partial charge in [-0.1, -0.05) is 36.7 Å². The van der Waals surface area contributed by atoms with Crippen molar-refractivity contribution >= 4 is 29.3 Å². The van der Waals surface area contributed by atoms with E-state index in [0.29, 0.717) is 0 Å². The molecule has 0 bridgehead atoms. The van der Waals surface area contributed by atoms with Crippen molar-refractivity contribution in [1.29, 1.82) is 0 Å². The third-order valence-electron chi connectivity index (χ3n) is 3.57. The Morgan fingerprint density at radius 3 is 2.80 bits per heavy atom. The van der Waals surface area contributed by atoms with Gasteiger partial charge in [0.15, 0.2) is 0 Å². The maximum Gasteiger partial charge on any atom is 0.236 e. The molecule has 1 amide bonds. The first-order chi connectivity index (χ1) is 9.69. The van der Waals surface area contributed by atoms with Crippen LogP contribution in [-0.4, -0.2) is 36.2 Å². The van der Waals surface area contributed by atoms with Crippen LogP contribution >= 0.6 is 23.4 Å². The van der Waals surface area contributed by atoms with Crippen LogP contribution < -0.4 is 5.32 Å². The largest absolute Gasteiger partial charge is 0.349 e. The number of rotatable bonds is 6. The molecule has 1 aliphatic heterocycles. The smallest absolute Gasteiger partial charge is 0.236 e. The summed E-state index contributed by atoms with van der Waals surface area (Å²) in [6.07, 6.45) is 1.89. The van der Waals surface area contributed by atoms with E-state index in [1.807, 2.05) is 29.2 Å². The van der Waals surface area contributed by atoms with Gasteiger partial charge in [-0.05, 0) is 12.5 Å². The van der Waals surface area contributed by atoms with E-state index in [2.05, 4.69) is 19.3 Å². The molecular weight excluding hydrogens is 292 g/mol. The molecule has 2 rings (SSSR count). The first kappa shape index (κ1) is 15.7. The highest BCUT2D eigenvalue weighted by molar-refractivity contribution is 8.01. The maximum absolute atomic E-state index is 12.5. The van der Waals surface area contributed by atoms with Gasteiger partial charge >= 0.3 is 0 Å². The molecule has 3 nitrogen and oxygen atoms in total. The Morgan fingerprint density at radius 2 is 2.15 bits per heavy atom. The van der Waals surface area contributed by atoms with Crippen molar-refractivity contribution in [3.05, 3.63) is 34.9 Å². The number of nitrogens with two attached hydrogens (primary N) is 1. The number of carbonyl (C=O) groups excluding carboxylic acids is 1. The summed E-state index contributed by atoms with van der Waals surface area (Å²) in [6.45, 7) is 3.92. The van der Waals surface area contributed by atoms with Crippen LogP contribution in [0.4, 0.5) is 0 Å². The van der Waals surface area contributed by atoms with Crippen LogP contribution in [0.5, 0.6) is 0 Å². The van der Waals surface area contributed by atoms with E-state index in [0.717, 1.165) is 36.5 Å². The molecule has 0 spiro atoms. The number of benzene rings is 1. The van der Waals surface area contributed by atoms with Crippen molar-refractivity contribution in [1.82, 2.24) is 4.90 Å². The van der Waals surface area contributed by atoms with Gasteiger partial charge in [0.1, 0.15) is 5.37 Å². The normalized spacial score (nSPS) is 22.6. The van der Waals surface area contributed by atoms with Gasteiger partial charge in [-0.2, -0.15) is 0 Å². The minimum atomic E-state index is 0.0676. The molecule has 1 aliphatic rings. The van der Waals surface area contributed by atoms with E-state index in [9.17, 15) is 4.79 Å². The topological polar surface area (TPSA) is 36.9 Å². The van der Waals surface area contributed by atoms with Gasteiger partial charge < -0.3 is 10.2 Å². The average molecular weight is 314 g/mol. The SMILES string of the molecule is CC[C@@H]1S[C@@H](c2ccccc2Cl)N(CCC[NH2+]C)C1=O. The second kappa shape index (κ2) is 7.34. The van der Waals surface area contributed by atoms with Gasteiger partial charge in [0.05, 0.1) is 18.8 Å². The van der Waals surface area contributed by atoms with Crippen molar-refractivity contribution < 1.29 is 10.1 Å². The number of quaternary nitrogens is 1. The van der Waals surface area contributed by atoms with Gasteiger partial charge in [0.2, 0.25) is 5.91 Å². The molecule has 0 radical (unpaired) electrons. The van der Waals surface area contributed by atoms with Crippen molar-refractivity contribution in [2.75, 3.05) is 20.1 Å². The Hall–Kier alpha value is -0.710. The van der Waals surface area contributed by atoms with Crippen LogP contribution in [0.2, 0.25) is 5.02 Å². The average Bonchev–Trinajstić information content (AvgIpc) is 2.77. The fraction of sp³-hybridized carbons (Fsp3) is 0.533. The lowest BCUT2D eigenvalue weighted by atomic mass is 10.2. The lowest BCUT2D eigenvalue weighted by Crippen LogP contribution is -2.79. The fourth-order valence-electron chi connectivity index (χ4n) is 2.47.